The number of aliphatic hydroxyl groups excluding tert-OH is 1. The Morgan fingerprint density at radius 2 is 1.70 bits per heavy atom. The van der Waals surface area contributed by atoms with Crippen molar-refractivity contribution < 1.29 is 37.0 Å². The first-order valence-electron chi connectivity index (χ1n) is 6.00. The molecular weight excluding hydrogens is 331 g/mol. The number of aliphatic hydroxyl groups is 1. The Bertz CT molecular complexity index is 891. The molecule has 1 aromatic carbocycles. The predicted octanol–water partition coefficient (Wildman–Crippen LogP) is 1.96. The predicted molar refractivity (Wildman–Crippen MR) is 73.2 cm³/mol. The zero-order valence-electron chi connectivity index (χ0n) is 11.3. The fourth-order valence-corrected chi connectivity index (χ4v) is 3.06. The van der Waals surface area contributed by atoms with E-state index < -0.39 is 43.8 Å². The van der Waals surface area contributed by atoms with E-state index in [4.69, 9.17) is 14.6 Å². The summed E-state index contributed by atoms with van der Waals surface area (Å²) in [6.07, 6.45) is 1.25. The Balaban J connectivity index is 2.49. The third kappa shape index (κ3) is 3.29. The molecule has 120 valence electrons. The molecule has 0 saturated heterocycles. The molecule has 0 radical (unpaired) electrons. The number of allylic oxidation sites excluding steroid dienone is 1. The monoisotopic (exact) mass is 340 g/mol. The third-order valence-electron chi connectivity index (χ3n) is 2.75. The van der Waals surface area contributed by atoms with Gasteiger partial charge in [0.05, 0.1) is 11.2 Å². The van der Waals surface area contributed by atoms with Crippen LogP contribution in [0.1, 0.15) is 10.6 Å². The largest absolute Gasteiger partial charge is 0.502 e. The van der Waals surface area contributed by atoms with E-state index in [1.54, 1.807) is 0 Å². The van der Waals surface area contributed by atoms with Gasteiger partial charge in [0.2, 0.25) is 21.4 Å². The zero-order valence-corrected chi connectivity index (χ0v) is 12.1. The van der Waals surface area contributed by atoms with Crippen LogP contribution in [0.3, 0.4) is 0 Å². The van der Waals surface area contributed by atoms with Crippen LogP contribution in [0.2, 0.25) is 0 Å². The summed E-state index contributed by atoms with van der Waals surface area (Å²) in [4.78, 5) is 21.5. The third-order valence-corrected chi connectivity index (χ3v) is 4.55. The summed E-state index contributed by atoms with van der Waals surface area (Å²) in [5, 5.41) is 17.6. The highest BCUT2D eigenvalue weighted by Gasteiger charge is 2.27. The van der Waals surface area contributed by atoms with Gasteiger partial charge in [0, 0.05) is 6.08 Å². The van der Waals surface area contributed by atoms with Gasteiger partial charge in [0.1, 0.15) is 10.7 Å². The van der Waals surface area contributed by atoms with Gasteiger partial charge in [-0.05, 0) is 30.3 Å². The molecule has 0 atom stereocenters. The van der Waals surface area contributed by atoms with Crippen LogP contribution in [0.25, 0.3) is 0 Å². The second kappa shape index (κ2) is 6.05. The summed E-state index contributed by atoms with van der Waals surface area (Å²) in [5.41, 5.74) is 0. The van der Waals surface area contributed by atoms with Gasteiger partial charge in [-0.25, -0.2) is 17.6 Å². The summed E-state index contributed by atoms with van der Waals surface area (Å²) in [6.45, 7) is 0. The van der Waals surface area contributed by atoms with Crippen molar-refractivity contribution in [3.8, 4) is 0 Å². The van der Waals surface area contributed by atoms with Crippen LogP contribution in [-0.2, 0) is 14.6 Å². The van der Waals surface area contributed by atoms with E-state index in [9.17, 15) is 22.4 Å². The number of carbonyl (C=O) groups excluding carboxylic acids is 1. The summed E-state index contributed by atoms with van der Waals surface area (Å²) >= 11 is 0. The van der Waals surface area contributed by atoms with Crippen molar-refractivity contribution in [1.29, 1.82) is 0 Å². The second-order valence-electron chi connectivity index (χ2n) is 4.27. The topological polar surface area (TPSA) is 122 Å². The lowest BCUT2D eigenvalue weighted by Gasteiger charge is -2.03. The van der Waals surface area contributed by atoms with Gasteiger partial charge in [-0.15, -0.1) is 0 Å². The van der Waals surface area contributed by atoms with Crippen molar-refractivity contribution in [1.82, 2.24) is 0 Å². The van der Waals surface area contributed by atoms with Crippen LogP contribution in [0.15, 0.2) is 62.6 Å². The molecule has 7 nitrogen and oxygen atoms in total. The van der Waals surface area contributed by atoms with E-state index in [2.05, 4.69) is 0 Å². The Kier molecular flexibility index (Phi) is 4.32. The number of ketones is 1. The maximum Gasteiger partial charge on any atom is 0.371 e. The first-order chi connectivity index (χ1) is 10.7. The van der Waals surface area contributed by atoms with Gasteiger partial charge in [-0.3, -0.25) is 4.79 Å². The fourth-order valence-electron chi connectivity index (χ4n) is 1.68. The molecule has 0 spiro atoms. The number of halogens is 1. The van der Waals surface area contributed by atoms with Crippen molar-refractivity contribution >= 4 is 21.6 Å². The molecule has 0 amide bonds. The van der Waals surface area contributed by atoms with Crippen LogP contribution in [0, 0.1) is 5.82 Å². The molecule has 9 heteroatoms. The van der Waals surface area contributed by atoms with Gasteiger partial charge in [0.25, 0.3) is 0 Å². The number of hydrogen-bond acceptors (Lipinski definition) is 6. The van der Waals surface area contributed by atoms with Gasteiger partial charge < -0.3 is 14.6 Å². The second-order valence-corrected chi connectivity index (χ2v) is 6.19. The molecule has 23 heavy (non-hydrogen) atoms. The number of benzene rings is 1. The zero-order chi connectivity index (χ0) is 17.2. The molecule has 0 fully saturated rings. The number of carboxylic acids is 1. The minimum Gasteiger partial charge on any atom is -0.502 e. The smallest absolute Gasteiger partial charge is 0.371 e. The highest BCUT2D eigenvalue weighted by atomic mass is 32.2. The number of sulfone groups is 1. The molecule has 0 unspecified atom stereocenters. The molecular formula is C14H9FO7S. The molecule has 2 N–H and O–H groups in total. The summed E-state index contributed by atoms with van der Waals surface area (Å²) in [7, 11) is -4.18. The van der Waals surface area contributed by atoms with E-state index in [-0.39, 0.29) is 4.90 Å². The standard InChI is InChI=1S/C14H9FO7S/c15-8-1-3-9(4-2-8)23(20,21)12-5-6-22-13(12)10(16)7-11(17)14(18)19/h1-7,17H,(H,18,19). The van der Waals surface area contributed by atoms with E-state index in [0.717, 1.165) is 36.6 Å². The number of carbonyl (C=O) groups is 2. The Labute approximate surface area is 129 Å². The highest BCUT2D eigenvalue weighted by molar-refractivity contribution is 7.91. The van der Waals surface area contributed by atoms with Crippen molar-refractivity contribution in [2.75, 3.05) is 0 Å². The van der Waals surface area contributed by atoms with Crippen molar-refractivity contribution in [2.45, 2.75) is 9.79 Å². The number of hydrogen-bond donors (Lipinski definition) is 2. The van der Waals surface area contributed by atoms with Crippen molar-refractivity contribution in [3.05, 3.63) is 60.0 Å². The lowest BCUT2D eigenvalue weighted by atomic mass is 10.2. The molecule has 2 aromatic rings. The average molecular weight is 340 g/mol. The molecule has 0 aliphatic heterocycles. The number of aliphatic carboxylic acids is 1. The van der Waals surface area contributed by atoms with Crippen LogP contribution in [-0.4, -0.2) is 30.4 Å². The van der Waals surface area contributed by atoms with Gasteiger partial charge in [-0.1, -0.05) is 0 Å². The molecule has 0 aliphatic rings. The minimum absolute atomic E-state index is 0.277. The first-order valence-corrected chi connectivity index (χ1v) is 7.48. The normalized spacial score (nSPS) is 12.1. The van der Waals surface area contributed by atoms with Gasteiger partial charge in [0.15, 0.2) is 5.76 Å². The van der Waals surface area contributed by atoms with E-state index in [0.29, 0.717) is 6.08 Å². The number of rotatable bonds is 5. The highest BCUT2D eigenvalue weighted by Crippen LogP contribution is 2.26. The average Bonchev–Trinajstić information content (AvgIpc) is 2.97. The first kappa shape index (κ1) is 16.4. The van der Waals surface area contributed by atoms with E-state index >= 15 is 0 Å². The van der Waals surface area contributed by atoms with Crippen LogP contribution in [0.4, 0.5) is 4.39 Å². The molecule has 1 aromatic heterocycles. The lowest BCUT2D eigenvalue weighted by molar-refractivity contribution is -0.135. The molecule has 0 aliphatic carbocycles. The Hall–Kier alpha value is -2.94. The Morgan fingerprint density at radius 1 is 1.09 bits per heavy atom. The van der Waals surface area contributed by atoms with Crippen LogP contribution < -0.4 is 0 Å². The summed E-state index contributed by atoms with van der Waals surface area (Å²) in [5.74, 6) is -5.47. The van der Waals surface area contributed by atoms with Crippen LogP contribution >= 0.6 is 0 Å². The SMILES string of the molecule is O=C(O)C(O)=CC(=O)c1occc1S(=O)(=O)c1ccc(F)cc1. The molecule has 2 rings (SSSR count). The Morgan fingerprint density at radius 3 is 2.26 bits per heavy atom. The summed E-state index contributed by atoms with van der Waals surface area (Å²) in [6, 6.07) is 4.89. The van der Waals surface area contributed by atoms with E-state index in [1.165, 1.54) is 0 Å². The quantitative estimate of drug-likeness (QED) is 0.369. The van der Waals surface area contributed by atoms with Gasteiger partial charge >= 0.3 is 5.97 Å². The fraction of sp³-hybridized carbons (Fsp3) is 0. The molecule has 1 heterocycles. The molecule has 0 saturated carbocycles. The summed E-state index contributed by atoms with van der Waals surface area (Å²) < 4.78 is 42.5. The molecule has 0 bridgehead atoms. The number of furan rings is 1. The van der Waals surface area contributed by atoms with Crippen LogP contribution in [0.5, 0.6) is 0 Å². The van der Waals surface area contributed by atoms with E-state index in [1.807, 2.05) is 0 Å². The number of carboxylic acid groups (broad SMARTS) is 1. The van der Waals surface area contributed by atoms with Crippen molar-refractivity contribution in [3.63, 3.8) is 0 Å². The van der Waals surface area contributed by atoms with Crippen molar-refractivity contribution in [2.24, 2.45) is 0 Å². The van der Waals surface area contributed by atoms with Gasteiger partial charge in [-0.2, -0.15) is 0 Å². The lowest BCUT2D eigenvalue weighted by Crippen LogP contribution is -2.08. The maximum absolute atomic E-state index is 12.9. The minimum atomic E-state index is -4.18. The maximum atomic E-state index is 12.9.